The molecule has 0 radical (unpaired) electrons. The lowest BCUT2D eigenvalue weighted by molar-refractivity contribution is 0.828. The van der Waals surface area contributed by atoms with Gasteiger partial charge in [-0.15, -0.1) is 0 Å². The third-order valence-electron chi connectivity index (χ3n) is 3.75. The van der Waals surface area contributed by atoms with E-state index in [0.717, 1.165) is 47.5 Å². The summed E-state index contributed by atoms with van der Waals surface area (Å²) < 4.78 is 0. The first-order valence-electron chi connectivity index (χ1n) is 8.35. The molecule has 0 N–H and O–H groups in total. The van der Waals surface area contributed by atoms with E-state index in [1.165, 1.54) is 0 Å². The van der Waals surface area contributed by atoms with Gasteiger partial charge in [0.2, 0.25) is 0 Å². The molecule has 2 aromatic carbocycles. The van der Waals surface area contributed by atoms with Crippen molar-refractivity contribution in [3.63, 3.8) is 0 Å². The van der Waals surface area contributed by atoms with Crippen LogP contribution in [-0.2, 0) is 0 Å². The van der Waals surface area contributed by atoms with Crippen molar-refractivity contribution in [3.05, 3.63) is 72.6 Å². The zero-order valence-corrected chi connectivity index (χ0v) is 13.9. The number of hydrogen-bond donors (Lipinski definition) is 0. The summed E-state index contributed by atoms with van der Waals surface area (Å²) in [5.74, 6) is 6.42. The molecule has 3 rings (SSSR count). The molecule has 3 aromatic rings. The lowest BCUT2D eigenvalue weighted by Gasteiger charge is -2.07. The van der Waals surface area contributed by atoms with Gasteiger partial charge in [0, 0.05) is 17.5 Å². The maximum Gasteiger partial charge on any atom is 0.139 e. The van der Waals surface area contributed by atoms with Crippen molar-refractivity contribution in [2.24, 2.45) is 0 Å². The van der Waals surface area contributed by atoms with Gasteiger partial charge >= 0.3 is 0 Å². The first kappa shape index (κ1) is 16.0. The van der Waals surface area contributed by atoms with Crippen LogP contribution in [-0.4, -0.2) is 9.97 Å². The summed E-state index contributed by atoms with van der Waals surface area (Å²) in [6.07, 6.45) is 4.97. The third-order valence-corrected chi connectivity index (χ3v) is 3.75. The molecular formula is C22H20N2. The first-order valence-corrected chi connectivity index (χ1v) is 8.35. The van der Waals surface area contributed by atoms with Crippen LogP contribution in [0.2, 0.25) is 0 Å². The highest BCUT2D eigenvalue weighted by atomic mass is 14.8. The van der Waals surface area contributed by atoms with Crippen LogP contribution < -0.4 is 0 Å². The minimum Gasteiger partial charge on any atom is -0.243 e. The van der Waals surface area contributed by atoms with Gasteiger partial charge in [-0.25, -0.2) is 9.97 Å². The van der Waals surface area contributed by atoms with Crippen LogP contribution in [0.4, 0.5) is 0 Å². The molecular weight excluding hydrogens is 292 g/mol. The largest absolute Gasteiger partial charge is 0.243 e. The first-order chi connectivity index (χ1) is 11.9. The second-order valence-electron chi connectivity index (χ2n) is 5.59. The molecule has 1 aromatic heterocycles. The molecule has 1 heterocycles. The quantitative estimate of drug-likeness (QED) is 0.479. The van der Waals surface area contributed by atoms with Gasteiger partial charge in [-0.2, -0.15) is 0 Å². The van der Waals surface area contributed by atoms with E-state index in [4.69, 9.17) is 4.98 Å². The van der Waals surface area contributed by atoms with Gasteiger partial charge in [0.25, 0.3) is 0 Å². The van der Waals surface area contributed by atoms with Gasteiger partial charge in [-0.1, -0.05) is 79.9 Å². The van der Waals surface area contributed by atoms with Crippen molar-refractivity contribution < 1.29 is 0 Å². The SMILES string of the molecule is CCCCC#Cc1ncc(-c2ccccc2)nc1-c1ccccc1. The predicted octanol–water partition coefficient (Wildman–Crippen LogP) is 5.35. The number of nitrogens with zero attached hydrogens (tertiary/aromatic N) is 2. The standard InChI is InChI=1S/C22H20N2/c1-2-3-4-11-16-20-22(19-14-9-6-10-15-19)24-21(17-23-20)18-12-7-5-8-13-18/h5-10,12-15,17H,2-4H2,1H3. The fraction of sp³-hybridized carbons (Fsp3) is 0.182. The molecule has 0 saturated carbocycles. The Morgan fingerprint density at radius 3 is 2.21 bits per heavy atom. The van der Waals surface area contributed by atoms with Crippen LogP contribution in [0.3, 0.4) is 0 Å². The summed E-state index contributed by atoms with van der Waals surface area (Å²) >= 11 is 0. The zero-order valence-electron chi connectivity index (χ0n) is 13.9. The number of unbranched alkanes of at least 4 members (excludes halogenated alkanes) is 2. The zero-order chi connectivity index (χ0) is 16.6. The average molecular weight is 312 g/mol. The number of benzene rings is 2. The van der Waals surface area contributed by atoms with Crippen molar-refractivity contribution in [1.29, 1.82) is 0 Å². The summed E-state index contributed by atoms with van der Waals surface area (Å²) in [4.78, 5) is 9.44. The second kappa shape index (κ2) is 8.08. The molecule has 0 fully saturated rings. The number of rotatable bonds is 4. The molecule has 24 heavy (non-hydrogen) atoms. The Hall–Kier alpha value is -2.92. The molecule has 0 amide bonds. The maximum absolute atomic E-state index is 4.85. The monoisotopic (exact) mass is 312 g/mol. The van der Waals surface area contributed by atoms with Gasteiger partial charge in [-0.05, 0) is 12.3 Å². The maximum atomic E-state index is 4.85. The highest BCUT2D eigenvalue weighted by Crippen LogP contribution is 2.24. The molecule has 0 unspecified atom stereocenters. The van der Waals surface area contributed by atoms with Crippen molar-refractivity contribution in [1.82, 2.24) is 9.97 Å². The minimum absolute atomic E-state index is 0.747. The summed E-state index contributed by atoms with van der Waals surface area (Å²) in [5, 5.41) is 0. The Morgan fingerprint density at radius 1 is 0.875 bits per heavy atom. The minimum atomic E-state index is 0.747. The lowest BCUT2D eigenvalue weighted by Crippen LogP contribution is -1.96. The lowest BCUT2D eigenvalue weighted by atomic mass is 10.1. The van der Waals surface area contributed by atoms with E-state index in [0.29, 0.717) is 0 Å². The molecule has 0 spiro atoms. The van der Waals surface area contributed by atoms with Gasteiger partial charge in [0.1, 0.15) is 11.4 Å². The molecule has 0 atom stereocenters. The van der Waals surface area contributed by atoms with E-state index in [9.17, 15) is 0 Å². The average Bonchev–Trinajstić information content (AvgIpc) is 2.67. The van der Waals surface area contributed by atoms with Gasteiger partial charge < -0.3 is 0 Å². The fourth-order valence-electron chi connectivity index (χ4n) is 2.44. The van der Waals surface area contributed by atoms with Gasteiger partial charge in [0.15, 0.2) is 0 Å². The van der Waals surface area contributed by atoms with Crippen LogP contribution >= 0.6 is 0 Å². The summed E-state index contributed by atoms with van der Waals surface area (Å²) in [7, 11) is 0. The van der Waals surface area contributed by atoms with Crippen molar-refractivity contribution in [2.45, 2.75) is 26.2 Å². The Balaban J connectivity index is 2.04. The molecule has 0 aliphatic rings. The molecule has 2 heteroatoms. The second-order valence-corrected chi connectivity index (χ2v) is 5.59. The van der Waals surface area contributed by atoms with Crippen LogP contribution in [0.25, 0.3) is 22.5 Å². The Morgan fingerprint density at radius 2 is 1.54 bits per heavy atom. The van der Waals surface area contributed by atoms with Crippen molar-refractivity contribution >= 4 is 0 Å². The molecule has 118 valence electrons. The summed E-state index contributed by atoms with van der Waals surface area (Å²) in [6.45, 7) is 2.17. The molecule has 0 bridgehead atoms. The van der Waals surface area contributed by atoms with E-state index >= 15 is 0 Å². The van der Waals surface area contributed by atoms with E-state index in [1.807, 2.05) is 54.7 Å². The van der Waals surface area contributed by atoms with E-state index < -0.39 is 0 Å². The van der Waals surface area contributed by atoms with E-state index in [-0.39, 0.29) is 0 Å². The highest BCUT2D eigenvalue weighted by molar-refractivity contribution is 5.69. The van der Waals surface area contributed by atoms with Crippen LogP contribution in [0.1, 0.15) is 31.9 Å². The summed E-state index contributed by atoms with van der Waals surface area (Å²) in [5.41, 5.74) is 4.57. The predicted molar refractivity (Wildman–Crippen MR) is 99.3 cm³/mol. The van der Waals surface area contributed by atoms with E-state index in [1.54, 1.807) is 0 Å². The van der Waals surface area contributed by atoms with Crippen molar-refractivity contribution in [2.75, 3.05) is 0 Å². The highest BCUT2D eigenvalue weighted by Gasteiger charge is 2.09. The Kier molecular flexibility index (Phi) is 5.37. The number of aromatic nitrogens is 2. The van der Waals surface area contributed by atoms with Crippen LogP contribution in [0.15, 0.2) is 66.9 Å². The molecule has 0 aliphatic heterocycles. The van der Waals surface area contributed by atoms with Crippen LogP contribution in [0.5, 0.6) is 0 Å². The smallest absolute Gasteiger partial charge is 0.139 e. The Labute approximate surface area is 143 Å². The molecule has 0 saturated heterocycles. The normalized spacial score (nSPS) is 10.0. The molecule has 0 aliphatic carbocycles. The number of hydrogen-bond acceptors (Lipinski definition) is 2. The molecule has 2 nitrogen and oxygen atoms in total. The third kappa shape index (κ3) is 3.88. The van der Waals surface area contributed by atoms with Crippen LogP contribution in [0, 0.1) is 11.8 Å². The van der Waals surface area contributed by atoms with E-state index in [2.05, 4.69) is 35.9 Å². The fourth-order valence-corrected chi connectivity index (χ4v) is 2.44. The van der Waals surface area contributed by atoms with Gasteiger partial charge in [-0.3, -0.25) is 0 Å². The topological polar surface area (TPSA) is 25.8 Å². The summed E-state index contributed by atoms with van der Waals surface area (Å²) in [6, 6.07) is 20.3. The van der Waals surface area contributed by atoms with Crippen molar-refractivity contribution in [3.8, 4) is 34.4 Å². The Bertz CT molecular complexity index is 843. The van der Waals surface area contributed by atoms with Gasteiger partial charge in [0.05, 0.1) is 11.9 Å².